The Morgan fingerprint density at radius 3 is 2.52 bits per heavy atom. The number of likely N-dealkylation sites (tertiary alicyclic amines) is 1. The van der Waals surface area contributed by atoms with Gasteiger partial charge in [0.2, 0.25) is 0 Å². The molecule has 1 aliphatic rings. The summed E-state index contributed by atoms with van der Waals surface area (Å²) in [4.78, 5) is 14.6. The summed E-state index contributed by atoms with van der Waals surface area (Å²) in [5.74, 6) is 0.935. The van der Waals surface area contributed by atoms with Gasteiger partial charge in [-0.2, -0.15) is 0 Å². The van der Waals surface area contributed by atoms with Crippen molar-refractivity contribution in [3.05, 3.63) is 35.4 Å². The Labute approximate surface area is 134 Å². The molecule has 1 fully saturated rings. The van der Waals surface area contributed by atoms with Crippen LogP contribution in [-0.2, 0) is 6.42 Å². The highest BCUT2D eigenvalue weighted by Gasteiger charge is 2.24. The fraction of sp³-hybridized carbons (Fsp3) is 0.588. The average Bonchev–Trinajstić information content (AvgIpc) is 2.52. The van der Waals surface area contributed by atoms with Crippen LogP contribution in [0.3, 0.4) is 0 Å². The number of halogens is 1. The molecule has 1 heterocycles. The normalized spacial score (nSPS) is 15.6. The molecule has 118 valence electrons. The van der Waals surface area contributed by atoms with Crippen LogP contribution in [0.1, 0.15) is 42.6 Å². The first-order valence-corrected chi connectivity index (χ1v) is 7.84. The maximum atomic E-state index is 12.6. The van der Waals surface area contributed by atoms with Crippen LogP contribution in [0.5, 0.6) is 0 Å². The predicted octanol–water partition coefficient (Wildman–Crippen LogP) is 3.13. The number of hydrogen-bond acceptors (Lipinski definition) is 2. The van der Waals surface area contributed by atoms with Gasteiger partial charge < -0.3 is 10.2 Å². The topological polar surface area (TPSA) is 32.3 Å². The van der Waals surface area contributed by atoms with Crippen molar-refractivity contribution in [1.82, 2.24) is 10.2 Å². The zero-order chi connectivity index (χ0) is 14.4. The Balaban J connectivity index is 0.00000220. The van der Waals surface area contributed by atoms with E-state index in [4.69, 9.17) is 0 Å². The van der Waals surface area contributed by atoms with Crippen LogP contribution in [0.15, 0.2) is 24.3 Å². The van der Waals surface area contributed by atoms with Crippen molar-refractivity contribution in [2.45, 2.75) is 33.1 Å². The lowest BCUT2D eigenvalue weighted by atomic mass is 9.95. The minimum absolute atomic E-state index is 0. The molecule has 1 aromatic rings. The van der Waals surface area contributed by atoms with Gasteiger partial charge in [-0.15, -0.1) is 12.4 Å². The number of nitrogens with one attached hydrogen (secondary N) is 1. The summed E-state index contributed by atoms with van der Waals surface area (Å²) >= 11 is 0. The van der Waals surface area contributed by atoms with Crippen LogP contribution in [0.4, 0.5) is 0 Å². The van der Waals surface area contributed by atoms with Crippen molar-refractivity contribution >= 4 is 18.3 Å². The molecule has 0 atom stereocenters. The molecular formula is C17H27ClN2O. The fourth-order valence-electron chi connectivity index (χ4n) is 2.90. The second kappa shape index (κ2) is 9.06. The molecule has 2 rings (SSSR count). The molecule has 21 heavy (non-hydrogen) atoms. The van der Waals surface area contributed by atoms with Crippen LogP contribution in [0, 0.1) is 5.92 Å². The van der Waals surface area contributed by atoms with Gasteiger partial charge in [-0.05, 0) is 49.9 Å². The van der Waals surface area contributed by atoms with Crippen LogP contribution >= 0.6 is 12.4 Å². The highest BCUT2D eigenvalue weighted by Crippen LogP contribution is 2.20. The minimum Gasteiger partial charge on any atom is -0.339 e. The second-order valence-corrected chi connectivity index (χ2v) is 5.55. The van der Waals surface area contributed by atoms with Gasteiger partial charge in [-0.3, -0.25) is 4.79 Å². The molecule has 0 unspecified atom stereocenters. The van der Waals surface area contributed by atoms with Crippen molar-refractivity contribution in [3.63, 3.8) is 0 Å². The van der Waals surface area contributed by atoms with E-state index in [9.17, 15) is 4.79 Å². The van der Waals surface area contributed by atoms with Gasteiger partial charge in [0.05, 0.1) is 0 Å². The molecule has 0 spiro atoms. The van der Waals surface area contributed by atoms with Crippen LogP contribution in [0.25, 0.3) is 0 Å². The van der Waals surface area contributed by atoms with Gasteiger partial charge in [-0.1, -0.05) is 32.0 Å². The lowest BCUT2D eigenvalue weighted by molar-refractivity contribution is 0.0689. The molecule has 1 N–H and O–H groups in total. The van der Waals surface area contributed by atoms with E-state index in [-0.39, 0.29) is 18.3 Å². The number of amides is 1. The first kappa shape index (κ1) is 18.0. The van der Waals surface area contributed by atoms with Gasteiger partial charge in [0.1, 0.15) is 0 Å². The number of piperidine rings is 1. The zero-order valence-electron chi connectivity index (χ0n) is 13.1. The maximum absolute atomic E-state index is 12.6. The largest absolute Gasteiger partial charge is 0.339 e. The lowest BCUT2D eigenvalue weighted by Gasteiger charge is -2.32. The summed E-state index contributed by atoms with van der Waals surface area (Å²) < 4.78 is 0. The van der Waals surface area contributed by atoms with Crippen molar-refractivity contribution in [2.75, 3.05) is 26.2 Å². The molecule has 1 saturated heterocycles. The van der Waals surface area contributed by atoms with Gasteiger partial charge in [-0.25, -0.2) is 0 Å². The molecule has 3 nitrogen and oxygen atoms in total. The van der Waals surface area contributed by atoms with Crippen molar-refractivity contribution in [3.8, 4) is 0 Å². The standard InChI is InChI=1S/C17H26N2O.ClH/c1-3-15-7-5-6-8-16(15)17(20)19-11-9-14(10-12-19)13-18-4-2;/h5-8,14,18H,3-4,9-13H2,1-2H3;1H. The van der Waals surface area contributed by atoms with Gasteiger partial charge in [0.25, 0.3) is 5.91 Å². The fourth-order valence-corrected chi connectivity index (χ4v) is 2.90. The number of carbonyl (C=O) groups excluding carboxylic acids is 1. The Bertz CT molecular complexity index is 442. The van der Waals surface area contributed by atoms with E-state index >= 15 is 0 Å². The van der Waals surface area contributed by atoms with Gasteiger partial charge >= 0.3 is 0 Å². The van der Waals surface area contributed by atoms with E-state index in [0.29, 0.717) is 0 Å². The Kier molecular flexibility index (Phi) is 7.76. The molecule has 0 aliphatic carbocycles. The molecule has 0 aromatic heterocycles. The van der Waals surface area contributed by atoms with Crippen LogP contribution < -0.4 is 5.32 Å². The maximum Gasteiger partial charge on any atom is 0.254 e. The minimum atomic E-state index is 0. The number of rotatable bonds is 5. The summed E-state index contributed by atoms with van der Waals surface area (Å²) in [5.41, 5.74) is 2.05. The third kappa shape index (κ3) is 4.72. The number of benzene rings is 1. The predicted molar refractivity (Wildman–Crippen MR) is 90.2 cm³/mol. The highest BCUT2D eigenvalue weighted by molar-refractivity contribution is 5.95. The number of aryl methyl sites for hydroxylation is 1. The number of nitrogens with zero attached hydrogens (tertiary/aromatic N) is 1. The Morgan fingerprint density at radius 2 is 1.90 bits per heavy atom. The zero-order valence-corrected chi connectivity index (χ0v) is 13.9. The summed E-state index contributed by atoms with van der Waals surface area (Å²) in [6, 6.07) is 8.00. The van der Waals surface area contributed by atoms with Crippen molar-refractivity contribution < 1.29 is 4.79 Å². The van der Waals surface area contributed by atoms with Crippen LogP contribution in [0.2, 0.25) is 0 Å². The third-order valence-corrected chi connectivity index (χ3v) is 4.21. The average molecular weight is 311 g/mol. The molecule has 4 heteroatoms. The molecule has 1 aromatic carbocycles. The molecule has 1 amide bonds. The molecule has 1 aliphatic heterocycles. The van der Waals surface area contributed by atoms with E-state index in [1.54, 1.807) is 0 Å². The van der Waals surface area contributed by atoms with E-state index in [1.165, 1.54) is 0 Å². The summed E-state index contributed by atoms with van der Waals surface area (Å²) in [5, 5.41) is 3.41. The number of carbonyl (C=O) groups is 1. The monoisotopic (exact) mass is 310 g/mol. The molecule has 0 radical (unpaired) electrons. The Hall–Kier alpha value is -1.06. The van der Waals surface area contributed by atoms with Gasteiger partial charge in [0.15, 0.2) is 0 Å². The first-order chi connectivity index (χ1) is 9.76. The van der Waals surface area contributed by atoms with E-state index in [0.717, 1.165) is 62.5 Å². The quantitative estimate of drug-likeness (QED) is 0.906. The number of hydrogen-bond donors (Lipinski definition) is 1. The third-order valence-electron chi connectivity index (χ3n) is 4.21. The smallest absolute Gasteiger partial charge is 0.254 e. The Morgan fingerprint density at radius 1 is 1.24 bits per heavy atom. The highest BCUT2D eigenvalue weighted by atomic mass is 35.5. The van der Waals surface area contributed by atoms with E-state index in [2.05, 4.69) is 25.2 Å². The summed E-state index contributed by atoms with van der Waals surface area (Å²) in [6.07, 6.45) is 3.15. The molecule has 0 saturated carbocycles. The molecule has 0 bridgehead atoms. The van der Waals surface area contributed by atoms with E-state index < -0.39 is 0 Å². The van der Waals surface area contributed by atoms with Crippen molar-refractivity contribution in [1.29, 1.82) is 0 Å². The van der Waals surface area contributed by atoms with Gasteiger partial charge in [0, 0.05) is 18.7 Å². The second-order valence-electron chi connectivity index (χ2n) is 5.55. The lowest BCUT2D eigenvalue weighted by Crippen LogP contribution is -2.41. The van der Waals surface area contributed by atoms with Crippen LogP contribution in [-0.4, -0.2) is 37.0 Å². The van der Waals surface area contributed by atoms with Crippen molar-refractivity contribution in [2.24, 2.45) is 5.92 Å². The molecular weight excluding hydrogens is 284 g/mol. The summed E-state index contributed by atoms with van der Waals surface area (Å²) in [6.45, 7) is 8.15. The summed E-state index contributed by atoms with van der Waals surface area (Å²) in [7, 11) is 0. The van der Waals surface area contributed by atoms with E-state index in [1.807, 2.05) is 23.1 Å². The first-order valence-electron chi connectivity index (χ1n) is 7.84. The SMILES string of the molecule is CCNCC1CCN(C(=O)c2ccccc2CC)CC1.Cl.